The van der Waals surface area contributed by atoms with Crippen LogP contribution in [0, 0.1) is 16.7 Å². The molecule has 1 aliphatic carbocycles. The molecule has 1 fully saturated rings. The first kappa shape index (κ1) is 13.0. The molecule has 0 atom stereocenters. The van der Waals surface area contributed by atoms with E-state index in [4.69, 9.17) is 5.26 Å². The van der Waals surface area contributed by atoms with Gasteiger partial charge in [-0.15, -0.1) is 0 Å². The van der Waals surface area contributed by atoms with E-state index >= 15 is 0 Å². The lowest BCUT2D eigenvalue weighted by atomic mass is 9.86. The molecular formula is C13H22N2O. The zero-order valence-corrected chi connectivity index (χ0v) is 10.6. The number of rotatable bonds is 4. The lowest BCUT2D eigenvalue weighted by Gasteiger charge is -2.34. The first-order valence-corrected chi connectivity index (χ1v) is 6.19. The molecule has 0 radical (unpaired) electrons. The van der Waals surface area contributed by atoms with Crippen molar-refractivity contribution < 1.29 is 4.79 Å². The molecule has 3 heteroatoms. The number of hydrogen-bond donors (Lipinski definition) is 0. The molecule has 16 heavy (non-hydrogen) atoms. The third-order valence-electron chi connectivity index (χ3n) is 3.57. The summed E-state index contributed by atoms with van der Waals surface area (Å²) in [7, 11) is 0. The molecule has 0 heterocycles. The van der Waals surface area contributed by atoms with Crippen molar-refractivity contribution in [2.24, 2.45) is 5.41 Å². The monoisotopic (exact) mass is 222 g/mol. The highest BCUT2D eigenvalue weighted by molar-refractivity contribution is 5.82. The van der Waals surface area contributed by atoms with Crippen LogP contribution in [0.1, 0.15) is 52.9 Å². The van der Waals surface area contributed by atoms with Crippen molar-refractivity contribution in [3.63, 3.8) is 0 Å². The summed E-state index contributed by atoms with van der Waals surface area (Å²) in [5, 5.41) is 8.62. The van der Waals surface area contributed by atoms with Crippen LogP contribution in [0.4, 0.5) is 0 Å². The Morgan fingerprint density at radius 3 is 2.44 bits per heavy atom. The van der Waals surface area contributed by atoms with Crippen LogP contribution in [-0.2, 0) is 4.79 Å². The average Bonchev–Trinajstić information content (AvgIpc) is 2.66. The van der Waals surface area contributed by atoms with Gasteiger partial charge in [-0.25, -0.2) is 0 Å². The highest BCUT2D eigenvalue weighted by Crippen LogP contribution is 2.39. The Balaban J connectivity index is 2.70. The zero-order chi connectivity index (χ0) is 12.2. The van der Waals surface area contributed by atoms with E-state index < -0.39 is 0 Å². The Hall–Kier alpha value is -1.04. The maximum absolute atomic E-state index is 12.4. The SMILES string of the molecule is CC(C)N(CCC#N)C(=O)C1(C)CCCC1. The Bertz CT molecular complexity index is 285. The Labute approximate surface area is 98.4 Å². The number of hydrogen-bond acceptors (Lipinski definition) is 2. The highest BCUT2D eigenvalue weighted by Gasteiger charge is 2.39. The molecule has 0 aromatic heterocycles. The van der Waals surface area contributed by atoms with Crippen LogP contribution in [0.2, 0.25) is 0 Å². The first-order chi connectivity index (χ1) is 7.51. The van der Waals surface area contributed by atoms with E-state index in [0.717, 1.165) is 25.7 Å². The van der Waals surface area contributed by atoms with Gasteiger partial charge in [0.25, 0.3) is 0 Å². The summed E-state index contributed by atoms with van der Waals surface area (Å²) >= 11 is 0. The molecule has 0 spiro atoms. The van der Waals surface area contributed by atoms with E-state index in [0.29, 0.717) is 13.0 Å². The summed E-state index contributed by atoms with van der Waals surface area (Å²) < 4.78 is 0. The average molecular weight is 222 g/mol. The molecule has 0 aromatic rings. The van der Waals surface area contributed by atoms with Crippen molar-refractivity contribution in [3.8, 4) is 6.07 Å². The number of nitrogens with zero attached hydrogens (tertiary/aromatic N) is 2. The van der Waals surface area contributed by atoms with Crippen LogP contribution in [0.15, 0.2) is 0 Å². The number of nitriles is 1. The lowest BCUT2D eigenvalue weighted by Crippen LogP contribution is -2.45. The minimum absolute atomic E-state index is 0.167. The van der Waals surface area contributed by atoms with Crippen LogP contribution in [0.25, 0.3) is 0 Å². The van der Waals surface area contributed by atoms with Crippen molar-refractivity contribution in [1.82, 2.24) is 4.90 Å². The van der Waals surface area contributed by atoms with Crippen LogP contribution in [0.5, 0.6) is 0 Å². The van der Waals surface area contributed by atoms with E-state index in [9.17, 15) is 4.79 Å². The molecule has 0 N–H and O–H groups in total. The summed E-state index contributed by atoms with van der Waals surface area (Å²) in [6.45, 7) is 6.69. The summed E-state index contributed by atoms with van der Waals surface area (Å²) in [6.07, 6.45) is 4.75. The van der Waals surface area contributed by atoms with E-state index in [-0.39, 0.29) is 17.4 Å². The third-order valence-corrected chi connectivity index (χ3v) is 3.57. The van der Waals surface area contributed by atoms with Gasteiger partial charge in [-0.2, -0.15) is 5.26 Å². The van der Waals surface area contributed by atoms with Crippen molar-refractivity contribution in [1.29, 1.82) is 5.26 Å². The van der Waals surface area contributed by atoms with Gasteiger partial charge in [0.2, 0.25) is 5.91 Å². The summed E-state index contributed by atoms with van der Waals surface area (Å²) in [4.78, 5) is 14.3. The molecule has 3 nitrogen and oxygen atoms in total. The Kier molecular flexibility index (Phi) is 4.35. The van der Waals surface area contributed by atoms with Crippen molar-refractivity contribution in [3.05, 3.63) is 0 Å². The van der Waals surface area contributed by atoms with Crippen molar-refractivity contribution >= 4 is 5.91 Å². The largest absolute Gasteiger partial charge is 0.339 e. The quantitative estimate of drug-likeness (QED) is 0.734. The summed E-state index contributed by atoms with van der Waals surface area (Å²) in [6, 6.07) is 2.31. The molecule has 0 bridgehead atoms. The molecule has 0 unspecified atom stereocenters. The molecule has 1 rings (SSSR count). The van der Waals surface area contributed by atoms with Gasteiger partial charge in [-0.1, -0.05) is 19.8 Å². The Morgan fingerprint density at radius 1 is 1.44 bits per heavy atom. The number of amides is 1. The van der Waals surface area contributed by atoms with Crippen LogP contribution in [0.3, 0.4) is 0 Å². The number of carbonyl (C=O) groups excluding carboxylic acids is 1. The maximum atomic E-state index is 12.4. The van der Waals surface area contributed by atoms with Gasteiger partial charge in [0.15, 0.2) is 0 Å². The van der Waals surface area contributed by atoms with Gasteiger partial charge in [0.05, 0.1) is 12.5 Å². The molecular weight excluding hydrogens is 200 g/mol. The topological polar surface area (TPSA) is 44.1 Å². The minimum atomic E-state index is -0.167. The van der Waals surface area contributed by atoms with Gasteiger partial charge in [0.1, 0.15) is 0 Å². The van der Waals surface area contributed by atoms with Crippen LogP contribution >= 0.6 is 0 Å². The molecule has 0 aromatic carbocycles. The fraction of sp³-hybridized carbons (Fsp3) is 0.846. The summed E-state index contributed by atoms with van der Waals surface area (Å²) in [5.41, 5.74) is -0.167. The normalized spacial score (nSPS) is 18.4. The standard InChI is InChI=1S/C13H22N2O/c1-11(2)15(10-6-9-14)12(16)13(3)7-4-5-8-13/h11H,4-8,10H2,1-3H3. The van der Waals surface area contributed by atoms with Gasteiger partial charge >= 0.3 is 0 Å². The van der Waals surface area contributed by atoms with Gasteiger partial charge in [0, 0.05) is 18.0 Å². The van der Waals surface area contributed by atoms with E-state index in [1.807, 2.05) is 18.7 Å². The second-order valence-corrected chi connectivity index (χ2v) is 5.27. The minimum Gasteiger partial charge on any atom is -0.339 e. The molecule has 0 aliphatic heterocycles. The van der Waals surface area contributed by atoms with Crippen molar-refractivity contribution in [2.45, 2.75) is 58.9 Å². The van der Waals surface area contributed by atoms with E-state index in [1.54, 1.807) is 0 Å². The molecule has 1 aliphatic rings. The lowest BCUT2D eigenvalue weighted by molar-refractivity contribution is -0.142. The predicted octanol–water partition coefficient (Wildman–Crippen LogP) is 2.72. The third kappa shape index (κ3) is 2.75. The van der Waals surface area contributed by atoms with Crippen LogP contribution < -0.4 is 0 Å². The zero-order valence-electron chi connectivity index (χ0n) is 10.6. The van der Waals surface area contributed by atoms with Crippen LogP contribution in [-0.4, -0.2) is 23.4 Å². The van der Waals surface area contributed by atoms with E-state index in [2.05, 4.69) is 13.0 Å². The van der Waals surface area contributed by atoms with Gasteiger partial charge in [-0.3, -0.25) is 4.79 Å². The molecule has 90 valence electrons. The second kappa shape index (κ2) is 5.34. The fourth-order valence-electron chi connectivity index (χ4n) is 2.48. The van der Waals surface area contributed by atoms with Gasteiger partial charge < -0.3 is 4.90 Å². The van der Waals surface area contributed by atoms with Gasteiger partial charge in [-0.05, 0) is 26.7 Å². The predicted molar refractivity (Wildman–Crippen MR) is 63.7 cm³/mol. The Morgan fingerprint density at radius 2 is 2.00 bits per heavy atom. The molecule has 1 saturated carbocycles. The van der Waals surface area contributed by atoms with Crippen molar-refractivity contribution in [2.75, 3.05) is 6.54 Å². The summed E-state index contributed by atoms with van der Waals surface area (Å²) in [5.74, 6) is 0.246. The highest BCUT2D eigenvalue weighted by atomic mass is 16.2. The fourth-order valence-corrected chi connectivity index (χ4v) is 2.48. The van der Waals surface area contributed by atoms with E-state index in [1.165, 1.54) is 0 Å². The maximum Gasteiger partial charge on any atom is 0.228 e. The molecule has 1 amide bonds. The smallest absolute Gasteiger partial charge is 0.228 e. The molecule has 0 saturated heterocycles. The first-order valence-electron chi connectivity index (χ1n) is 6.19. The second-order valence-electron chi connectivity index (χ2n) is 5.27. The number of carbonyl (C=O) groups is 1.